The van der Waals surface area contributed by atoms with Crippen LogP contribution < -0.4 is 10.2 Å². The highest BCUT2D eigenvalue weighted by Gasteiger charge is 2.33. The third-order valence-corrected chi connectivity index (χ3v) is 5.18. The van der Waals surface area contributed by atoms with Gasteiger partial charge in [0.05, 0.1) is 6.26 Å². The minimum Gasteiger partial charge on any atom is -0.465 e. The number of rotatable bonds is 5. The molecule has 2 amide bonds. The van der Waals surface area contributed by atoms with Crippen LogP contribution >= 0.6 is 0 Å². The Bertz CT molecular complexity index is 838. The molecule has 2 heterocycles. The van der Waals surface area contributed by atoms with E-state index >= 15 is 0 Å². The summed E-state index contributed by atoms with van der Waals surface area (Å²) in [6, 6.07) is 11.4. The monoisotopic (exact) mass is 379 g/mol. The molecule has 6 heteroatoms. The predicted octanol–water partition coefficient (Wildman–Crippen LogP) is 3.38. The van der Waals surface area contributed by atoms with Gasteiger partial charge < -0.3 is 19.5 Å². The van der Waals surface area contributed by atoms with Crippen LogP contribution in [-0.2, 0) is 9.59 Å². The molecule has 146 valence electrons. The lowest BCUT2D eigenvalue weighted by atomic mass is 10.2. The zero-order valence-electron chi connectivity index (χ0n) is 15.8. The fourth-order valence-electron chi connectivity index (χ4n) is 3.47. The predicted molar refractivity (Wildman–Crippen MR) is 109 cm³/mol. The molecule has 1 aliphatic carbocycles. The van der Waals surface area contributed by atoms with Gasteiger partial charge in [0.2, 0.25) is 11.8 Å². The summed E-state index contributed by atoms with van der Waals surface area (Å²) in [4.78, 5) is 28.6. The van der Waals surface area contributed by atoms with Gasteiger partial charge in [0.1, 0.15) is 5.76 Å². The average molecular weight is 379 g/mol. The summed E-state index contributed by atoms with van der Waals surface area (Å²) >= 11 is 0. The lowest BCUT2D eigenvalue weighted by Gasteiger charge is -2.24. The van der Waals surface area contributed by atoms with Crippen LogP contribution in [0, 0.1) is 5.92 Å². The van der Waals surface area contributed by atoms with Crippen LogP contribution in [-0.4, -0.2) is 42.9 Å². The molecule has 0 radical (unpaired) electrons. The molecule has 1 aromatic carbocycles. The third-order valence-electron chi connectivity index (χ3n) is 5.18. The Kier molecular flexibility index (Phi) is 5.46. The van der Waals surface area contributed by atoms with E-state index in [-0.39, 0.29) is 11.8 Å². The minimum atomic E-state index is -0.201. The van der Waals surface area contributed by atoms with Gasteiger partial charge in [0.25, 0.3) is 0 Å². The van der Waals surface area contributed by atoms with E-state index in [1.165, 1.54) is 6.08 Å². The van der Waals surface area contributed by atoms with Crippen molar-refractivity contribution in [3.8, 4) is 0 Å². The van der Waals surface area contributed by atoms with Crippen LogP contribution in [0.5, 0.6) is 0 Å². The van der Waals surface area contributed by atoms with Crippen LogP contribution in [0.1, 0.15) is 25.0 Å². The Balaban J connectivity index is 1.31. The van der Waals surface area contributed by atoms with E-state index in [2.05, 4.69) is 10.2 Å². The van der Waals surface area contributed by atoms with Gasteiger partial charge in [-0.25, -0.2) is 0 Å². The number of carbonyl (C=O) groups excluding carboxylic acids is 2. The molecule has 1 saturated carbocycles. The molecule has 1 aliphatic heterocycles. The number of carbonyl (C=O) groups is 2. The van der Waals surface area contributed by atoms with Crippen molar-refractivity contribution in [1.29, 1.82) is 0 Å². The highest BCUT2D eigenvalue weighted by atomic mass is 16.3. The summed E-state index contributed by atoms with van der Waals surface area (Å²) < 4.78 is 5.17. The number of benzene rings is 1. The Hall–Kier alpha value is -3.02. The van der Waals surface area contributed by atoms with Gasteiger partial charge in [-0.1, -0.05) is 0 Å². The van der Waals surface area contributed by atoms with Crippen molar-refractivity contribution in [3.05, 3.63) is 54.5 Å². The number of anilines is 2. The Morgan fingerprint density at radius 1 is 1.04 bits per heavy atom. The standard InChI is InChI=1S/C22H25N3O3/c26-21(11-10-20-3-1-16-28-20)23-18-6-8-19(9-7-18)24-12-2-13-25(15-14-24)22(27)17-4-5-17/h1,3,6-11,16-17H,2,4-5,12-15H2,(H,23,26)/b11-10+. The molecule has 0 atom stereocenters. The van der Waals surface area contributed by atoms with E-state index in [9.17, 15) is 9.59 Å². The number of hydrogen-bond acceptors (Lipinski definition) is 4. The van der Waals surface area contributed by atoms with Crippen molar-refractivity contribution in [2.75, 3.05) is 36.4 Å². The van der Waals surface area contributed by atoms with Gasteiger partial charge >= 0.3 is 0 Å². The van der Waals surface area contributed by atoms with Crippen LogP contribution in [0.3, 0.4) is 0 Å². The lowest BCUT2D eigenvalue weighted by molar-refractivity contribution is -0.132. The quantitative estimate of drug-likeness (QED) is 0.809. The van der Waals surface area contributed by atoms with Gasteiger partial charge in [0, 0.05) is 49.5 Å². The van der Waals surface area contributed by atoms with Crippen molar-refractivity contribution in [2.24, 2.45) is 5.92 Å². The Labute approximate surface area is 164 Å². The number of hydrogen-bond donors (Lipinski definition) is 1. The van der Waals surface area contributed by atoms with Gasteiger partial charge in [0.15, 0.2) is 0 Å². The van der Waals surface area contributed by atoms with Crippen molar-refractivity contribution in [2.45, 2.75) is 19.3 Å². The lowest BCUT2D eigenvalue weighted by Crippen LogP contribution is -2.36. The molecule has 0 unspecified atom stereocenters. The molecule has 2 aromatic rings. The summed E-state index contributed by atoms with van der Waals surface area (Å²) in [6.45, 7) is 3.41. The largest absolute Gasteiger partial charge is 0.465 e. The fourth-order valence-corrected chi connectivity index (χ4v) is 3.47. The molecule has 4 rings (SSSR count). The van der Waals surface area contributed by atoms with Gasteiger partial charge in [-0.3, -0.25) is 9.59 Å². The van der Waals surface area contributed by atoms with Gasteiger partial charge in [-0.05, 0) is 61.7 Å². The maximum absolute atomic E-state index is 12.3. The molecule has 28 heavy (non-hydrogen) atoms. The van der Waals surface area contributed by atoms with Crippen LogP contribution in [0.4, 0.5) is 11.4 Å². The molecule has 1 saturated heterocycles. The highest BCUT2D eigenvalue weighted by Crippen LogP contribution is 2.31. The molecule has 1 N–H and O–H groups in total. The van der Waals surface area contributed by atoms with Crippen LogP contribution in [0.25, 0.3) is 6.08 Å². The molecule has 1 aromatic heterocycles. The average Bonchev–Trinajstić information content (AvgIpc) is 3.48. The van der Waals surface area contributed by atoms with Crippen LogP contribution in [0.15, 0.2) is 53.2 Å². The van der Waals surface area contributed by atoms with E-state index in [1.807, 2.05) is 29.2 Å². The number of amides is 2. The van der Waals surface area contributed by atoms with E-state index in [4.69, 9.17) is 4.42 Å². The molecule has 2 fully saturated rings. The fraction of sp³-hybridized carbons (Fsp3) is 0.364. The smallest absolute Gasteiger partial charge is 0.248 e. The van der Waals surface area contributed by atoms with Gasteiger partial charge in [-0.2, -0.15) is 0 Å². The SMILES string of the molecule is O=C(/C=C/c1ccco1)Nc1ccc(N2CCCN(C(=O)C3CC3)CC2)cc1. The third kappa shape index (κ3) is 4.63. The molecular weight excluding hydrogens is 354 g/mol. The molecule has 0 spiro atoms. The Morgan fingerprint density at radius 2 is 1.86 bits per heavy atom. The topological polar surface area (TPSA) is 65.8 Å². The molecular formula is C22H25N3O3. The van der Waals surface area contributed by atoms with Crippen molar-refractivity contribution in [1.82, 2.24) is 4.90 Å². The maximum atomic E-state index is 12.3. The second kappa shape index (κ2) is 8.33. The van der Waals surface area contributed by atoms with E-state index in [0.717, 1.165) is 56.8 Å². The minimum absolute atomic E-state index is 0.201. The second-order valence-corrected chi connectivity index (χ2v) is 7.33. The van der Waals surface area contributed by atoms with Crippen molar-refractivity contribution in [3.63, 3.8) is 0 Å². The second-order valence-electron chi connectivity index (χ2n) is 7.33. The van der Waals surface area contributed by atoms with Crippen molar-refractivity contribution >= 4 is 29.3 Å². The number of furan rings is 1. The first-order valence-corrected chi connectivity index (χ1v) is 9.85. The molecule has 2 aliphatic rings. The number of nitrogens with zero attached hydrogens (tertiary/aromatic N) is 2. The summed E-state index contributed by atoms with van der Waals surface area (Å²) in [6.07, 6.45) is 7.75. The number of nitrogens with one attached hydrogen (secondary N) is 1. The zero-order valence-corrected chi connectivity index (χ0v) is 15.8. The normalized spacial score (nSPS) is 17.6. The molecule has 0 bridgehead atoms. The van der Waals surface area contributed by atoms with Gasteiger partial charge in [-0.15, -0.1) is 0 Å². The first-order chi connectivity index (χ1) is 13.7. The highest BCUT2D eigenvalue weighted by molar-refractivity contribution is 6.01. The summed E-state index contributed by atoms with van der Waals surface area (Å²) in [5.41, 5.74) is 1.86. The first-order valence-electron chi connectivity index (χ1n) is 9.85. The van der Waals surface area contributed by atoms with Crippen LogP contribution in [0.2, 0.25) is 0 Å². The van der Waals surface area contributed by atoms with E-state index in [0.29, 0.717) is 11.7 Å². The first kappa shape index (κ1) is 18.3. The van der Waals surface area contributed by atoms with E-state index < -0.39 is 0 Å². The zero-order chi connectivity index (χ0) is 19.3. The Morgan fingerprint density at radius 3 is 2.57 bits per heavy atom. The summed E-state index contributed by atoms with van der Waals surface area (Å²) in [5.74, 6) is 1.06. The van der Waals surface area contributed by atoms with E-state index in [1.54, 1.807) is 24.5 Å². The van der Waals surface area contributed by atoms with Crippen molar-refractivity contribution < 1.29 is 14.0 Å². The summed E-state index contributed by atoms with van der Waals surface area (Å²) in [7, 11) is 0. The maximum Gasteiger partial charge on any atom is 0.248 e. The molecule has 6 nitrogen and oxygen atoms in total. The summed E-state index contributed by atoms with van der Waals surface area (Å²) in [5, 5.41) is 2.85.